The highest BCUT2D eigenvalue weighted by atomic mass is 16.5. The van der Waals surface area contributed by atoms with Crippen molar-refractivity contribution in [1.29, 1.82) is 0 Å². The Bertz CT molecular complexity index is 633. The Labute approximate surface area is 144 Å². The molecule has 1 amide bonds. The Kier molecular flexibility index (Phi) is 4.25. The Balaban J connectivity index is 1.45. The zero-order chi connectivity index (χ0) is 16.6. The molecule has 0 saturated carbocycles. The Morgan fingerprint density at radius 1 is 1.21 bits per heavy atom. The van der Waals surface area contributed by atoms with Crippen LogP contribution in [0.4, 0.5) is 0 Å². The molecule has 4 rings (SSSR count). The molecule has 1 aliphatic carbocycles. The molecule has 2 heterocycles. The van der Waals surface area contributed by atoms with Gasteiger partial charge in [-0.25, -0.2) is 0 Å². The highest BCUT2D eigenvalue weighted by Gasteiger charge is 2.40. The molecule has 4 nitrogen and oxygen atoms in total. The summed E-state index contributed by atoms with van der Waals surface area (Å²) in [5, 5.41) is 3.02. The third-order valence-corrected chi connectivity index (χ3v) is 6.08. The molecule has 130 valence electrons. The van der Waals surface area contributed by atoms with Crippen molar-refractivity contribution in [1.82, 2.24) is 10.2 Å². The Morgan fingerprint density at radius 3 is 2.62 bits per heavy atom. The number of amides is 1. The number of carbonyl (C=O) groups excluding carboxylic acids is 1. The summed E-state index contributed by atoms with van der Waals surface area (Å²) < 4.78 is 5.93. The van der Waals surface area contributed by atoms with Crippen molar-refractivity contribution in [3.8, 4) is 5.75 Å². The molecule has 1 aromatic carbocycles. The summed E-state index contributed by atoms with van der Waals surface area (Å²) in [4.78, 5) is 14.1. The van der Waals surface area contributed by atoms with E-state index in [0.717, 1.165) is 57.8 Å². The fourth-order valence-corrected chi connectivity index (χ4v) is 4.60. The topological polar surface area (TPSA) is 41.6 Å². The minimum Gasteiger partial charge on any atom is -0.494 e. The van der Waals surface area contributed by atoms with Crippen molar-refractivity contribution in [2.75, 3.05) is 26.2 Å². The lowest BCUT2D eigenvalue weighted by Crippen LogP contribution is -2.40. The van der Waals surface area contributed by atoms with Crippen LogP contribution in [0.1, 0.15) is 49.3 Å². The SMILES string of the molecule is CCOc1cc2c(cc1CN1CCC3(CC1)CNC(=O)C3)CCC2. The lowest BCUT2D eigenvalue weighted by molar-refractivity contribution is -0.119. The zero-order valence-electron chi connectivity index (χ0n) is 14.7. The quantitative estimate of drug-likeness (QED) is 0.924. The van der Waals surface area contributed by atoms with Gasteiger partial charge in [0.05, 0.1) is 6.61 Å². The highest BCUT2D eigenvalue weighted by molar-refractivity contribution is 5.79. The van der Waals surface area contributed by atoms with Crippen molar-refractivity contribution in [3.05, 3.63) is 28.8 Å². The lowest BCUT2D eigenvalue weighted by Gasteiger charge is -2.38. The van der Waals surface area contributed by atoms with E-state index in [4.69, 9.17) is 4.74 Å². The number of rotatable bonds is 4. The molecule has 24 heavy (non-hydrogen) atoms. The number of benzene rings is 1. The number of aryl methyl sites for hydroxylation is 2. The molecule has 0 bridgehead atoms. The van der Waals surface area contributed by atoms with Crippen LogP contribution in [-0.2, 0) is 24.2 Å². The summed E-state index contributed by atoms with van der Waals surface area (Å²) in [7, 11) is 0. The van der Waals surface area contributed by atoms with Gasteiger partial charge in [-0.05, 0) is 74.7 Å². The normalized spacial score (nSPS) is 22.6. The van der Waals surface area contributed by atoms with Crippen LogP contribution in [-0.4, -0.2) is 37.0 Å². The van der Waals surface area contributed by atoms with E-state index in [1.807, 2.05) is 0 Å². The largest absolute Gasteiger partial charge is 0.494 e. The van der Waals surface area contributed by atoms with Gasteiger partial charge in [0, 0.05) is 25.1 Å². The first-order chi connectivity index (χ1) is 11.7. The van der Waals surface area contributed by atoms with E-state index in [1.54, 1.807) is 0 Å². The van der Waals surface area contributed by atoms with Crippen LogP contribution in [0.3, 0.4) is 0 Å². The van der Waals surface area contributed by atoms with E-state index < -0.39 is 0 Å². The van der Waals surface area contributed by atoms with Crippen LogP contribution in [0.25, 0.3) is 0 Å². The molecule has 4 heteroatoms. The molecule has 1 aromatic rings. The van der Waals surface area contributed by atoms with Gasteiger partial charge >= 0.3 is 0 Å². The van der Waals surface area contributed by atoms with Crippen LogP contribution in [0.2, 0.25) is 0 Å². The molecule has 0 radical (unpaired) electrons. The fraction of sp³-hybridized carbons (Fsp3) is 0.650. The van der Waals surface area contributed by atoms with Crippen LogP contribution < -0.4 is 10.1 Å². The zero-order valence-corrected chi connectivity index (χ0v) is 14.7. The summed E-state index contributed by atoms with van der Waals surface area (Å²) in [6, 6.07) is 4.67. The van der Waals surface area contributed by atoms with E-state index >= 15 is 0 Å². The Hall–Kier alpha value is -1.55. The predicted octanol–water partition coefficient (Wildman–Crippen LogP) is 2.68. The number of nitrogens with one attached hydrogen (secondary N) is 1. The van der Waals surface area contributed by atoms with Crippen molar-refractivity contribution < 1.29 is 9.53 Å². The molecule has 0 aromatic heterocycles. The van der Waals surface area contributed by atoms with E-state index in [1.165, 1.54) is 36.0 Å². The highest BCUT2D eigenvalue weighted by Crippen LogP contribution is 2.38. The van der Waals surface area contributed by atoms with E-state index in [0.29, 0.717) is 0 Å². The van der Waals surface area contributed by atoms with E-state index in [-0.39, 0.29) is 11.3 Å². The Morgan fingerprint density at radius 2 is 1.96 bits per heavy atom. The summed E-state index contributed by atoms with van der Waals surface area (Å²) in [6.07, 6.45) is 6.66. The average Bonchev–Trinajstić information content (AvgIpc) is 3.17. The number of carbonyl (C=O) groups is 1. The summed E-state index contributed by atoms with van der Waals surface area (Å²) in [5.74, 6) is 1.32. The third-order valence-electron chi connectivity index (χ3n) is 6.08. The maximum atomic E-state index is 11.6. The molecule has 2 aliphatic heterocycles. The van der Waals surface area contributed by atoms with Crippen LogP contribution in [0.5, 0.6) is 5.75 Å². The van der Waals surface area contributed by atoms with Crippen molar-refractivity contribution in [2.45, 2.75) is 52.0 Å². The molecule has 0 atom stereocenters. The second kappa shape index (κ2) is 6.40. The van der Waals surface area contributed by atoms with Gasteiger partial charge in [-0.15, -0.1) is 0 Å². The second-order valence-electron chi connectivity index (χ2n) is 7.74. The van der Waals surface area contributed by atoms with Gasteiger partial charge in [0.1, 0.15) is 5.75 Å². The number of piperidine rings is 1. The van der Waals surface area contributed by atoms with Crippen molar-refractivity contribution in [3.63, 3.8) is 0 Å². The first-order valence-corrected chi connectivity index (χ1v) is 9.44. The number of hydrogen-bond donors (Lipinski definition) is 1. The van der Waals surface area contributed by atoms with E-state index in [2.05, 4.69) is 29.3 Å². The molecule has 3 aliphatic rings. The molecule has 0 unspecified atom stereocenters. The first-order valence-electron chi connectivity index (χ1n) is 9.44. The maximum absolute atomic E-state index is 11.6. The van der Waals surface area contributed by atoms with Gasteiger partial charge < -0.3 is 10.1 Å². The van der Waals surface area contributed by atoms with E-state index in [9.17, 15) is 4.79 Å². The summed E-state index contributed by atoms with van der Waals surface area (Å²) in [5.41, 5.74) is 4.57. The number of likely N-dealkylation sites (tertiary alicyclic amines) is 1. The lowest BCUT2D eigenvalue weighted by atomic mass is 9.77. The van der Waals surface area contributed by atoms with Gasteiger partial charge in [0.2, 0.25) is 5.91 Å². The van der Waals surface area contributed by atoms with Gasteiger partial charge in [-0.3, -0.25) is 9.69 Å². The minimum atomic E-state index is 0.230. The molecular weight excluding hydrogens is 300 g/mol. The third kappa shape index (κ3) is 3.04. The standard InChI is InChI=1S/C20H28N2O2/c1-2-24-18-11-16-5-3-4-15(16)10-17(18)13-22-8-6-20(7-9-22)12-19(23)21-14-20/h10-11H,2-9,12-14H2,1H3,(H,21,23). The average molecular weight is 328 g/mol. The van der Waals surface area contributed by atoms with Crippen molar-refractivity contribution >= 4 is 5.91 Å². The summed E-state index contributed by atoms with van der Waals surface area (Å²) >= 11 is 0. The first kappa shape index (κ1) is 15.9. The molecule has 1 N–H and O–H groups in total. The second-order valence-corrected chi connectivity index (χ2v) is 7.74. The smallest absolute Gasteiger partial charge is 0.220 e. The monoisotopic (exact) mass is 328 g/mol. The molecule has 2 fully saturated rings. The minimum absolute atomic E-state index is 0.230. The maximum Gasteiger partial charge on any atom is 0.220 e. The number of nitrogens with zero attached hydrogens (tertiary/aromatic N) is 1. The van der Waals surface area contributed by atoms with Gasteiger partial charge in [-0.2, -0.15) is 0 Å². The number of hydrogen-bond acceptors (Lipinski definition) is 3. The van der Waals surface area contributed by atoms with Gasteiger partial charge in [0.15, 0.2) is 0 Å². The van der Waals surface area contributed by atoms with Crippen molar-refractivity contribution in [2.24, 2.45) is 5.41 Å². The van der Waals surface area contributed by atoms with Crippen LogP contribution in [0, 0.1) is 5.41 Å². The predicted molar refractivity (Wildman–Crippen MR) is 94.2 cm³/mol. The van der Waals surface area contributed by atoms with Crippen LogP contribution >= 0.6 is 0 Å². The molecular formula is C20H28N2O2. The van der Waals surface area contributed by atoms with Gasteiger partial charge in [0.25, 0.3) is 0 Å². The summed E-state index contributed by atoms with van der Waals surface area (Å²) in [6.45, 7) is 6.80. The molecule has 1 spiro atoms. The van der Waals surface area contributed by atoms with Crippen LogP contribution in [0.15, 0.2) is 12.1 Å². The number of fused-ring (bicyclic) bond motifs is 1. The fourth-order valence-electron chi connectivity index (χ4n) is 4.60. The van der Waals surface area contributed by atoms with Gasteiger partial charge in [-0.1, -0.05) is 6.07 Å². The number of ether oxygens (including phenoxy) is 1. The molecule has 2 saturated heterocycles.